The van der Waals surface area contributed by atoms with Crippen molar-refractivity contribution in [1.29, 1.82) is 0 Å². The fourth-order valence-electron chi connectivity index (χ4n) is 11.5. The highest BCUT2D eigenvalue weighted by molar-refractivity contribution is 7.00. The minimum atomic E-state index is -0.0967. The normalized spacial score (nSPS) is 13.8. The third-order valence-electron chi connectivity index (χ3n) is 15.5. The summed E-state index contributed by atoms with van der Waals surface area (Å²) in [5.74, 6) is 1.54. The first kappa shape index (κ1) is 48.0. The van der Waals surface area contributed by atoms with Crippen molar-refractivity contribution in [3.05, 3.63) is 216 Å². The standard InChI is InChI=1S/C69H66BN3O2/c1-45-38-62-65-63(39-45)73(60-22-17-23-64-66(60)75-37-36-74-64)59-35-32-52(69(8,9)10)43-58(59)70(65)57-34-33-55(71(53-18-13-11-14-19-53)54-20-15-12-16-21-54)44-61(57)72(62)56-41-48(46-24-28-50(29-25-46)67(2,3)4)40-49(42-56)47-26-30-51(31-27-47)68(5,6)7/h11-35,38-44H,36-37H2,1-10H3. The molecule has 6 heteroatoms. The van der Waals surface area contributed by atoms with Gasteiger partial charge in [0, 0.05) is 45.5 Å². The Kier molecular flexibility index (Phi) is 11.6. The molecule has 9 aromatic rings. The summed E-state index contributed by atoms with van der Waals surface area (Å²) in [6.07, 6.45) is 0. The fraction of sp³-hybridized carbons (Fsp3) is 0.217. The van der Waals surface area contributed by atoms with Crippen LogP contribution in [-0.2, 0) is 16.2 Å². The number of fused-ring (bicyclic) bond motifs is 5. The van der Waals surface area contributed by atoms with Crippen LogP contribution in [0.2, 0.25) is 0 Å². The molecule has 3 aliphatic heterocycles. The zero-order valence-corrected chi connectivity index (χ0v) is 45.1. The summed E-state index contributed by atoms with van der Waals surface area (Å²) >= 11 is 0. The molecule has 0 atom stereocenters. The van der Waals surface area contributed by atoms with E-state index in [-0.39, 0.29) is 23.0 Å². The van der Waals surface area contributed by atoms with Gasteiger partial charge >= 0.3 is 0 Å². The summed E-state index contributed by atoms with van der Waals surface area (Å²) in [6, 6.07) is 72.7. The van der Waals surface area contributed by atoms with E-state index >= 15 is 0 Å². The number of rotatable bonds is 7. The van der Waals surface area contributed by atoms with Crippen molar-refractivity contribution < 1.29 is 9.47 Å². The highest BCUT2D eigenvalue weighted by atomic mass is 16.6. The number of nitrogens with zero attached hydrogens (tertiary/aromatic N) is 3. The van der Waals surface area contributed by atoms with Crippen molar-refractivity contribution in [1.82, 2.24) is 0 Å². The minimum Gasteiger partial charge on any atom is -0.486 e. The monoisotopic (exact) mass is 980 g/mol. The van der Waals surface area contributed by atoms with Gasteiger partial charge in [-0.3, -0.25) is 0 Å². The van der Waals surface area contributed by atoms with Gasteiger partial charge in [-0.15, -0.1) is 0 Å². The third-order valence-corrected chi connectivity index (χ3v) is 15.5. The SMILES string of the molecule is Cc1cc2c3c(c1)N(c1cccc4c1OCCO4)c1ccc(C(C)(C)C)cc1B3c1ccc(N(c3ccccc3)c3ccccc3)cc1N2c1cc(-c2ccc(C(C)(C)C)cc2)cc(-c2ccc(C(C)(C)C)cc2)c1. The summed E-state index contributed by atoms with van der Waals surface area (Å²) in [6.45, 7) is 23.8. The van der Waals surface area contributed by atoms with E-state index in [2.05, 4.69) is 272 Å². The van der Waals surface area contributed by atoms with E-state index in [9.17, 15) is 0 Å². The van der Waals surface area contributed by atoms with Crippen molar-refractivity contribution >= 4 is 74.3 Å². The Labute approximate surface area is 445 Å². The summed E-state index contributed by atoms with van der Waals surface area (Å²) in [5, 5.41) is 0. The number of hydrogen-bond donors (Lipinski definition) is 0. The molecule has 0 bridgehead atoms. The maximum absolute atomic E-state index is 6.58. The van der Waals surface area contributed by atoms with Crippen LogP contribution < -0.4 is 40.6 Å². The summed E-state index contributed by atoms with van der Waals surface area (Å²) in [4.78, 5) is 7.42. The molecular weight excluding hydrogens is 914 g/mol. The maximum atomic E-state index is 6.58. The van der Waals surface area contributed by atoms with E-state index in [1.807, 2.05) is 6.07 Å². The Bertz CT molecular complexity index is 3510. The lowest BCUT2D eigenvalue weighted by Crippen LogP contribution is -2.61. The molecule has 0 radical (unpaired) electrons. The van der Waals surface area contributed by atoms with Gasteiger partial charge in [0.1, 0.15) is 13.2 Å². The number of ether oxygens (including phenoxy) is 2. The number of hydrogen-bond acceptors (Lipinski definition) is 5. The van der Waals surface area contributed by atoms with Gasteiger partial charge in [-0.25, -0.2) is 0 Å². The Balaban J connectivity index is 1.17. The van der Waals surface area contributed by atoms with Crippen LogP contribution in [0, 0.1) is 6.92 Å². The first-order valence-corrected chi connectivity index (χ1v) is 26.7. The smallest absolute Gasteiger partial charge is 0.252 e. The van der Waals surface area contributed by atoms with Crippen LogP contribution in [0.4, 0.5) is 51.2 Å². The summed E-state index contributed by atoms with van der Waals surface area (Å²) in [5.41, 5.74) is 23.4. The molecule has 0 saturated carbocycles. The molecule has 372 valence electrons. The third kappa shape index (κ3) is 8.64. The molecular formula is C69H66BN3O2. The molecule has 0 N–H and O–H groups in total. The second-order valence-electron chi connectivity index (χ2n) is 23.8. The van der Waals surface area contributed by atoms with Crippen LogP contribution in [0.1, 0.15) is 84.6 Å². The van der Waals surface area contributed by atoms with Crippen molar-refractivity contribution in [2.75, 3.05) is 27.9 Å². The van der Waals surface area contributed by atoms with Gasteiger partial charge in [0.2, 0.25) is 0 Å². The first-order chi connectivity index (χ1) is 36.0. The van der Waals surface area contributed by atoms with Gasteiger partial charge in [0.15, 0.2) is 11.5 Å². The van der Waals surface area contributed by atoms with Crippen LogP contribution in [0.5, 0.6) is 11.5 Å². The minimum absolute atomic E-state index is 0.0298. The lowest BCUT2D eigenvalue weighted by atomic mass is 9.33. The molecule has 75 heavy (non-hydrogen) atoms. The average Bonchev–Trinajstić information content (AvgIpc) is 3.42. The van der Waals surface area contributed by atoms with Crippen LogP contribution in [0.3, 0.4) is 0 Å². The van der Waals surface area contributed by atoms with E-state index < -0.39 is 0 Å². The molecule has 0 spiro atoms. The van der Waals surface area contributed by atoms with Gasteiger partial charge in [-0.2, -0.15) is 0 Å². The van der Waals surface area contributed by atoms with Gasteiger partial charge in [0.05, 0.1) is 5.69 Å². The van der Waals surface area contributed by atoms with Gasteiger partial charge in [-0.1, -0.05) is 172 Å². The Morgan fingerprint density at radius 1 is 0.400 bits per heavy atom. The summed E-state index contributed by atoms with van der Waals surface area (Å²) in [7, 11) is 0. The molecule has 0 aliphatic carbocycles. The van der Waals surface area contributed by atoms with Crippen molar-refractivity contribution in [3.8, 4) is 33.8 Å². The molecule has 5 nitrogen and oxygen atoms in total. The van der Waals surface area contributed by atoms with Crippen molar-refractivity contribution in [2.45, 2.75) is 85.5 Å². The van der Waals surface area contributed by atoms with Crippen LogP contribution in [-0.4, -0.2) is 19.9 Å². The van der Waals surface area contributed by atoms with Crippen molar-refractivity contribution in [3.63, 3.8) is 0 Å². The molecule has 0 amide bonds. The molecule has 0 saturated heterocycles. The number of benzene rings is 9. The van der Waals surface area contributed by atoms with E-state index in [4.69, 9.17) is 9.47 Å². The number of anilines is 9. The van der Waals surface area contributed by atoms with E-state index in [1.165, 1.54) is 44.2 Å². The number of aryl methyl sites for hydroxylation is 1. The molecule has 0 unspecified atom stereocenters. The highest BCUT2D eigenvalue weighted by Gasteiger charge is 2.45. The van der Waals surface area contributed by atoms with E-state index in [1.54, 1.807) is 0 Å². The largest absolute Gasteiger partial charge is 0.486 e. The van der Waals surface area contributed by atoms with Crippen LogP contribution in [0.25, 0.3) is 22.3 Å². The van der Waals surface area contributed by atoms with Crippen molar-refractivity contribution in [2.24, 2.45) is 0 Å². The molecule has 3 aliphatic rings. The predicted octanol–water partition coefficient (Wildman–Crippen LogP) is 16.5. The topological polar surface area (TPSA) is 28.2 Å². The lowest BCUT2D eigenvalue weighted by Gasteiger charge is -2.45. The highest BCUT2D eigenvalue weighted by Crippen LogP contribution is 2.51. The second-order valence-corrected chi connectivity index (χ2v) is 23.8. The molecule has 0 aromatic heterocycles. The number of para-hydroxylation sites is 3. The average molecular weight is 980 g/mol. The fourth-order valence-corrected chi connectivity index (χ4v) is 11.5. The van der Waals surface area contributed by atoms with E-state index in [0.29, 0.717) is 13.2 Å². The first-order valence-electron chi connectivity index (χ1n) is 26.7. The molecule has 3 heterocycles. The Morgan fingerprint density at radius 2 is 0.947 bits per heavy atom. The second kappa shape index (κ2) is 18.2. The molecule has 12 rings (SSSR count). The Morgan fingerprint density at radius 3 is 1.52 bits per heavy atom. The van der Waals surface area contributed by atoms with Gasteiger partial charge in [-0.05, 0) is 169 Å². The Hall–Kier alpha value is -7.96. The van der Waals surface area contributed by atoms with Crippen LogP contribution >= 0.6 is 0 Å². The molecule has 9 aromatic carbocycles. The summed E-state index contributed by atoms with van der Waals surface area (Å²) < 4.78 is 12.9. The quantitative estimate of drug-likeness (QED) is 0.148. The molecule has 0 fully saturated rings. The zero-order valence-electron chi connectivity index (χ0n) is 45.1. The van der Waals surface area contributed by atoms with Gasteiger partial charge in [0.25, 0.3) is 6.71 Å². The lowest BCUT2D eigenvalue weighted by molar-refractivity contribution is 0.172. The maximum Gasteiger partial charge on any atom is 0.252 e. The van der Waals surface area contributed by atoms with Gasteiger partial charge < -0.3 is 24.2 Å². The van der Waals surface area contributed by atoms with Crippen LogP contribution in [0.15, 0.2) is 194 Å². The van der Waals surface area contributed by atoms with E-state index in [0.717, 1.165) is 79.4 Å². The zero-order chi connectivity index (χ0) is 52.0. The predicted molar refractivity (Wildman–Crippen MR) is 318 cm³/mol.